The summed E-state index contributed by atoms with van der Waals surface area (Å²) in [6.45, 7) is 0.125. The maximum absolute atomic E-state index is 2.52. The first-order valence-electron chi connectivity index (χ1n) is 18.2. The Morgan fingerprint density at radius 2 is 0.769 bits per heavy atom. The largest absolute Gasteiger partial charge is 0.311 e. The zero-order valence-corrected chi connectivity index (χ0v) is 28.4. The minimum absolute atomic E-state index is 0.125. The van der Waals surface area contributed by atoms with Crippen LogP contribution in [-0.4, -0.2) is 6.71 Å². The maximum Gasteiger partial charge on any atom is 0.252 e. The van der Waals surface area contributed by atoms with Gasteiger partial charge in [0.2, 0.25) is 0 Å². The summed E-state index contributed by atoms with van der Waals surface area (Å²) in [6, 6.07) is 70.1. The molecule has 4 aliphatic rings. The molecule has 0 N–H and O–H groups in total. The highest BCUT2D eigenvalue weighted by Gasteiger charge is 2.52. The van der Waals surface area contributed by atoms with Gasteiger partial charge in [0.15, 0.2) is 0 Å². The molecular formula is C49H31BN2. The zero-order valence-electron chi connectivity index (χ0n) is 28.4. The van der Waals surface area contributed by atoms with Crippen molar-refractivity contribution in [2.75, 3.05) is 9.80 Å². The predicted molar refractivity (Wildman–Crippen MR) is 217 cm³/mol. The summed E-state index contributed by atoms with van der Waals surface area (Å²) in [7, 11) is 0. The molecule has 2 nitrogen and oxygen atoms in total. The third kappa shape index (κ3) is 3.41. The highest BCUT2D eigenvalue weighted by atomic mass is 15.2. The van der Waals surface area contributed by atoms with Crippen molar-refractivity contribution in [3.8, 4) is 22.3 Å². The van der Waals surface area contributed by atoms with Crippen molar-refractivity contribution in [3.63, 3.8) is 0 Å². The van der Waals surface area contributed by atoms with E-state index in [1.807, 2.05) is 0 Å². The van der Waals surface area contributed by atoms with Crippen LogP contribution >= 0.6 is 0 Å². The Balaban J connectivity index is 1.12. The summed E-state index contributed by atoms with van der Waals surface area (Å²) in [5.41, 5.74) is 21.7. The van der Waals surface area contributed by atoms with E-state index in [1.165, 1.54) is 95.0 Å². The number of hydrogen-bond donors (Lipinski definition) is 0. The number of hydrogen-bond acceptors (Lipinski definition) is 2. The normalized spacial score (nSPS) is 14.6. The lowest BCUT2D eigenvalue weighted by atomic mass is 9.33. The molecule has 12 rings (SSSR count). The summed E-state index contributed by atoms with van der Waals surface area (Å²) in [4.78, 5) is 4.97. The van der Waals surface area contributed by atoms with Crippen molar-refractivity contribution >= 4 is 57.2 Å². The fourth-order valence-electron chi connectivity index (χ4n) is 10.2. The van der Waals surface area contributed by atoms with E-state index in [2.05, 4.69) is 198 Å². The molecule has 8 aromatic rings. The number of nitrogens with zero attached hydrogens (tertiary/aromatic N) is 2. The van der Waals surface area contributed by atoms with Crippen molar-refractivity contribution in [1.82, 2.24) is 0 Å². The molecule has 2 aliphatic heterocycles. The van der Waals surface area contributed by atoms with E-state index in [0.29, 0.717) is 0 Å². The highest BCUT2D eigenvalue weighted by molar-refractivity contribution is 7.00. The minimum Gasteiger partial charge on any atom is -0.311 e. The van der Waals surface area contributed by atoms with Crippen molar-refractivity contribution in [3.05, 3.63) is 210 Å². The molecule has 0 saturated carbocycles. The molecule has 0 atom stereocenters. The average Bonchev–Trinajstić information content (AvgIpc) is 3.68. The van der Waals surface area contributed by atoms with E-state index in [0.717, 1.165) is 0 Å². The fraction of sp³-hybridized carbons (Fsp3) is 0.0204. The number of benzene rings is 8. The lowest BCUT2D eigenvalue weighted by Gasteiger charge is -2.44. The van der Waals surface area contributed by atoms with Gasteiger partial charge in [0.25, 0.3) is 6.71 Å². The molecule has 0 aromatic heterocycles. The fourth-order valence-corrected chi connectivity index (χ4v) is 10.2. The Hall–Kier alpha value is -6.58. The van der Waals surface area contributed by atoms with Crippen LogP contribution in [0.5, 0.6) is 0 Å². The molecule has 1 spiro atoms. The molecule has 0 unspecified atom stereocenters. The van der Waals surface area contributed by atoms with Gasteiger partial charge in [0.05, 0.1) is 5.41 Å². The monoisotopic (exact) mass is 658 g/mol. The van der Waals surface area contributed by atoms with Gasteiger partial charge in [0, 0.05) is 34.1 Å². The molecule has 0 amide bonds. The van der Waals surface area contributed by atoms with E-state index in [9.17, 15) is 0 Å². The number of para-hydroxylation sites is 3. The van der Waals surface area contributed by atoms with E-state index < -0.39 is 0 Å². The summed E-state index contributed by atoms with van der Waals surface area (Å²) in [6.07, 6.45) is 0. The summed E-state index contributed by atoms with van der Waals surface area (Å²) in [5.74, 6) is 0. The standard InChI is InChI=1S/C49H31BN2/c1-2-15-32(16-3-1)51-44-25-12-10-23-42(44)50-43-24-11-13-26-45(43)52(47-28-14-27-46(51)48(47)50)33-29-30-41-37(31-33)36-19-6-9-22-40(36)49(41)38-20-7-4-17-34(38)35-18-5-8-21-39(35)49/h1-31H. The maximum atomic E-state index is 2.52. The molecule has 240 valence electrons. The molecule has 0 saturated heterocycles. The van der Waals surface area contributed by atoms with Gasteiger partial charge in [-0.25, -0.2) is 0 Å². The quantitative estimate of drug-likeness (QED) is 0.171. The van der Waals surface area contributed by atoms with Crippen molar-refractivity contribution in [2.24, 2.45) is 0 Å². The Labute approximate surface area is 304 Å². The molecular weight excluding hydrogens is 627 g/mol. The van der Waals surface area contributed by atoms with Crippen molar-refractivity contribution in [2.45, 2.75) is 5.41 Å². The molecule has 8 aromatic carbocycles. The topological polar surface area (TPSA) is 6.48 Å². The van der Waals surface area contributed by atoms with Gasteiger partial charge in [-0.05, 0) is 109 Å². The van der Waals surface area contributed by atoms with Gasteiger partial charge < -0.3 is 9.80 Å². The molecule has 2 aliphatic carbocycles. The second-order valence-electron chi connectivity index (χ2n) is 14.4. The van der Waals surface area contributed by atoms with Crippen LogP contribution < -0.4 is 26.2 Å². The highest BCUT2D eigenvalue weighted by Crippen LogP contribution is 2.63. The molecule has 0 radical (unpaired) electrons. The van der Waals surface area contributed by atoms with Crippen molar-refractivity contribution < 1.29 is 0 Å². The zero-order chi connectivity index (χ0) is 34.0. The first-order valence-corrected chi connectivity index (χ1v) is 18.2. The Kier molecular flexibility index (Phi) is 5.55. The molecule has 0 fully saturated rings. The average molecular weight is 659 g/mol. The second kappa shape index (κ2) is 10.2. The van der Waals surface area contributed by atoms with Crippen LogP contribution in [0.2, 0.25) is 0 Å². The SMILES string of the molecule is c1ccc(N2c3ccccc3B3c4ccccc4N(c4ccc5c(c4)-c4ccccc4C54c5ccccc5-c5ccccc54)c4cccc2c43)cc1. The van der Waals surface area contributed by atoms with Crippen LogP contribution in [0.3, 0.4) is 0 Å². The molecule has 0 bridgehead atoms. The van der Waals surface area contributed by atoms with E-state index in [1.54, 1.807) is 0 Å². The molecule has 2 heterocycles. The molecule has 52 heavy (non-hydrogen) atoms. The lowest BCUT2D eigenvalue weighted by molar-refractivity contribution is 0.794. The van der Waals surface area contributed by atoms with Gasteiger partial charge in [-0.2, -0.15) is 0 Å². The smallest absolute Gasteiger partial charge is 0.252 e. The van der Waals surface area contributed by atoms with Crippen molar-refractivity contribution in [1.29, 1.82) is 0 Å². The van der Waals surface area contributed by atoms with Gasteiger partial charge in [-0.1, -0.05) is 140 Å². The van der Waals surface area contributed by atoms with Gasteiger partial charge in [0.1, 0.15) is 0 Å². The first kappa shape index (κ1) is 28.2. The van der Waals surface area contributed by atoms with E-state index >= 15 is 0 Å². The van der Waals surface area contributed by atoms with Gasteiger partial charge in [-0.3, -0.25) is 0 Å². The predicted octanol–water partition coefficient (Wildman–Crippen LogP) is 10.1. The lowest BCUT2D eigenvalue weighted by Crippen LogP contribution is -2.61. The number of rotatable bonds is 2. The summed E-state index contributed by atoms with van der Waals surface area (Å²) in [5, 5.41) is 0. The number of fused-ring (bicyclic) bond motifs is 14. The summed E-state index contributed by atoms with van der Waals surface area (Å²) < 4.78 is 0. The van der Waals surface area contributed by atoms with Crippen LogP contribution in [0.4, 0.5) is 34.1 Å². The van der Waals surface area contributed by atoms with Crippen LogP contribution in [0.25, 0.3) is 22.3 Å². The first-order chi connectivity index (χ1) is 25.8. The van der Waals surface area contributed by atoms with Crippen LogP contribution in [-0.2, 0) is 5.41 Å². The van der Waals surface area contributed by atoms with Crippen LogP contribution in [0.15, 0.2) is 188 Å². The summed E-state index contributed by atoms with van der Waals surface area (Å²) >= 11 is 0. The molecule has 3 heteroatoms. The minimum atomic E-state index is -0.353. The third-order valence-electron chi connectivity index (χ3n) is 12.1. The Morgan fingerprint density at radius 1 is 0.327 bits per heavy atom. The Bertz CT molecular complexity index is 2740. The van der Waals surface area contributed by atoms with E-state index in [-0.39, 0.29) is 12.1 Å². The third-order valence-corrected chi connectivity index (χ3v) is 12.1. The van der Waals surface area contributed by atoms with Gasteiger partial charge in [-0.15, -0.1) is 0 Å². The van der Waals surface area contributed by atoms with Crippen LogP contribution in [0, 0.1) is 0 Å². The van der Waals surface area contributed by atoms with Crippen LogP contribution in [0.1, 0.15) is 22.3 Å². The number of anilines is 6. The van der Waals surface area contributed by atoms with E-state index in [4.69, 9.17) is 0 Å². The second-order valence-corrected chi connectivity index (χ2v) is 14.4. The Morgan fingerprint density at radius 3 is 1.37 bits per heavy atom. The van der Waals surface area contributed by atoms with Gasteiger partial charge >= 0.3 is 0 Å².